The summed E-state index contributed by atoms with van der Waals surface area (Å²) in [5.41, 5.74) is 1.96. The van der Waals surface area contributed by atoms with E-state index in [9.17, 15) is 9.59 Å². The molecular formula is C24H22N2O4. The highest BCUT2D eigenvalue weighted by molar-refractivity contribution is 6.14. The fourth-order valence-electron chi connectivity index (χ4n) is 3.71. The van der Waals surface area contributed by atoms with Gasteiger partial charge in [-0.15, -0.1) is 0 Å². The van der Waals surface area contributed by atoms with Gasteiger partial charge in [-0.3, -0.25) is 19.4 Å². The quantitative estimate of drug-likeness (QED) is 0.651. The number of piperazine rings is 1. The second-order valence-corrected chi connectivity index (χ2v) is 6.87. The van der Waals surface area contributed by atoms with E-state index in [2.05, 4.69) is 0 Å². The number of carbonyl (C=O) groups is 2. The monoisotopic (exact) mass is 402 g/mol. The molecule has 0 aromatic heterocycles. The first-order valence-electron chi connectivity index (χ1n) is 9.59. The van der Waals surface area contributed by atoms with Gasteiger partial charge < -0.3 is 9.47 Å². The van der Waals surface area contributed by atoms with E-state index >= 15 is 0 Å². The summed E-state index contributed by atoms with van der Waals surface area (Å²) in [7, 11) is 3.14. The number of hydrogen-bond acceptors (Lipinski definition) is 4. The largest absolute Gasteiger partial charge is 0.497 e. The molecular weight excluding hydrogens is 380 g/mol. The molecule has 1 aliphatic heterocycles. The molecule has 0 N–H and O–H groups in total. The lowest BCUT2D eigenvalue weighted by molar-refractivity contribution is -0.128. The van der Waals surface area contributed by atoms with Crippen LogP contribution in [0.3, 0.4) is 0 Å². The number of methoxy groups -OCH3 is 2. The molecule has 0 radical (unpaired) electrons. The number of anilines is 2. The first-order chi connectivity index (χ1) is 14.6. The minimum Gasteiger partial charge on any atom is -0.497 e. The van der Waals surface area contributed by atoms with Crippen LogP contribution in [0.4, 0.5) is 11.4 Å². The zero-order valence-electron chi connectivity index (χ0n) is 16.8. The summed E-state index contributed by atoms with van der Waals surface area (Å²) in [6.07, 6.45) is 0. The van der Waals surface area contributed by atoms with Gasteiger partial charge in [-0.1, -0.05) is 42.5 Å². The van der Waals surface area contributed by atoms with Crippen molar-refractivity contribution in [1.82, 2.24) is 0 Å². The van der Waals surface area contributed by atoms with Crippen molar-refractivity contribution in [2.75, 3.05) is 30.6 Å². The Balaban J connectivity index is 1.82. The third-order valence-corrected chi connectivity index (χ3v) is 5.16. The van der Waals surface area contributed by atoms with Gasteiger partial charge in [0.1, 0.15) is 24.1 Å². The van der Waals surface area contributed by atoms with Gasteiger partial charge >= 0.3 is 0 Å². The average Bonchev–Trinajstić information content (AvgIpc) is 2.80. The molecule has 3 aromatic rings. The van der Waals surface area contributed by atoms with Crippen molar-refractivity contribution in [2.45, 2.75) is 6.04 Å². The topological polar surface area (TPSA) is 59.1 Å². The van der Waals surface area contributed by atoms with Crippen LogP contribution in [0.15, 0.2) is 78.9 Å². The van der Waals surface area contributed by atoms with Gasteiger partial charge in [0.25, 0.3) is 5.91 Å². The van der Waals surface area contributed by atoms with E-state index in [0.29, 0.717) is 28.4 Å². The van der Waals surface area contributed by atoms with Crippen LogP contribution < -0.4 is 19.3 Å². The van der Waals surface area contributed by atoms with Gasteiger partial charge in [-0.05, 0) is 42.0 Å². The molecule has 3 aromatic carbocycles. The number of hydrogen-bond donors (Lipinski definition) is 0. The molecule has 1 atom stereocenters. The second-order valence-electron chi connectivity index (χ2n) is 6.87. The highest BCUT2D eigenvalue weighted by atomic mass is 16.5. The lowest BCUT2D eigenvalue weighted by Crippen LogP contribution is -2.56. The smallest absolute Gasteiger partial charge is 0.255 e. The maximum absolute atomic E-state index is 13.7. The lowest BCUT2D eigenvalue weighted by atomic mass is 9.99. The Labute approximate surface area is 175 Å². The van der Waals surface area contributed by atoms with Gasteiger partial charge in [0.15, 0.2) is 0 Å². The van der Waals surface area contributed by atoms with Gasteiger partial charge in [0.2, 0.25) is 5.91 Å². The number of rotatable bonds is 5. The highest BCUT2D eigenvalue weighted by Gasteiger charge is 2.42. The van der Waals surface area contributed by atoms with E-state index in [1.165, 1.54) is 4.90 Å². The van der Waals surface area contributed by atoms with E-state index in [1.807, 2.05) is 54.6 Å². The third kappa shape index (κ3) is 3.48. The van der Waals surface area contributed by atoms with Gasteiger partial charge in [0, 0.05) is 5.69 Å². The molecule has 0 spiro atoms. The first kappa shape index (κ1) is 19.5. The molecule has 0 bridgehead atoms. The van der Waals surface area contributed by atoms with Crippen LogP contribution in [0.5, 0.6) is 11.5 Å². The molecule has 6 heteroatoms. The van der Waals surface area contributed by atoms with E-state index in [0.717, 1.165) is 0 Å². The third-order valence-electron chi connectivity index (χ3n) is 5.16. The van der Waals surface area contributed by atoms with Crippen LogP contribution in [0.1, 0.15) is 11.6 Å². The van der Waals surface area contributed by atoms with Crippen molar-refractivity contribution in [3.8, 4) is 11.5 Å². The zero-order valence-corrected chi connectivity index (χ0v) is 16.8. The zero-order chi connectivity index (χ0) is 21.1. The van der Waals surface area contributed by atoms with Crippen LogP contribution >= 0.6 is 0 Å². The predicted molar refractivity (Wildman–Crippen MR) is 115 cm³/mol. The number of amides is 2. The number of benzene rings is 3. The van der Waals surface area contributed by atoms with Crippen molar-refractivity contribution in [1.29, 1.82) is 0 Å². The molecule has 1 saturated heterocycles. The molecule has 2 amide bonds. The standard InChI is InChI=1S/C24H22N2O4/c1-29-19-14-12-17(13-15-19)23-24(28)25(20-10-6-7-11-21(20)30-2)16-22(27)26(23)18-8-4-3-5-9-18/h3-15,23H,16H2,1-2H3/t23-/m0/s1. The number of nitrogens with zero attached hydrogens (tertiary/aromatic N) is 2. The molecule has 4 rings (SSSR count). The van der Waals surface area contributed by atoms with E-state index in [1.54, 1.807) is 43.4 Å². The van der Waals surface area contributed by atoms with E-state index in [4.69, 9.17) is 9.47 Å². The highest BCUT2D eigenvalue weighted by Crippen LogP contribution is 2.37. The summed E-state index contributed by atoms with van der Waals surface area (Å²) in [5.74, 6) is 0.849. The van der Waals surface area contributed by atoms with Crippen molar-refractivity contribution in [3.05, 3.63) is 84.4 Å². The SMILES string of the molecule is COc1ccc([C@H]2C(=O)N(c3ccccc3OC)CC(=O)N2c2ccccc2)cc1. The minimum absolute atomic E-state index is 0.0687. The Morgan fingerprint density at radius 3 is 2.13 bits per heavy atom. The Kier molecular flexibility index (Phi) is 5.39. The Morgan fingerprint density at radius 1 is 0.800 bits per heavy atom. The van der Waals surface area contributed by atoms with Crippen LogP contribution in [0.25, 0.3) is 0 Å². The molecule has 1 heterocycles. The summed E-state index contributed by atoms with van der Waals surface area (Å²) >= 11 is 0. The Morgan fingerprint density at radius 2 is 1.47 bits per heavy atom. The average molecular weight is 402 g/mol. The van der Waals surface area contributed by atoms with Crippen molar-refractivity contribution in [2.24, 2.45) is 0 Å². The van der Waals surface area contributed by atoms with E-state index in [-0.39, 0.29) is 18.4 Å². The van der Waals surface area contributed by atoms with Gasteiger partial charge in [-0.25, -0.2) is 0 Å². The Bertz CT molecular complexity index is 1050. The first-order valence-corrected chi connectivity index (χ1v) is 9.59. The van der Waals surface area contributed by atoms with Gasteiger partial charge in [0.05, 0.1) is 19.9 Å². The summed E-state index contributed by atoms with van der Waals surface area (Å²) < 4.78 is 10.7. The summed E-state index contributed by atoms with van der Waals surface area (Å²) in [4.78, 5) is 30.1. The van der Waals surface area contributed by atoms with Crippen molar-refractivity contribution in [3.63, 3.8) is 0 Å². The summed E-state index contributed by atoms with van der Waals surface area (Å²) in [6.45, 7) is -0.0687. The fourth-order valence-corrected chi connectivity index (χ4v) is 3.71. The molecule has 0 unspecified atom stereocenters. The van der Waals surface area contributed by atoms with Crippen LogP contribution in [0.2, 0.25) is 0 Å². The fraction of sp³-hybridized carbons (Fsp3) is 0.167. The number of ether oxygens (including phenoxy) is 2. The predicted octanol–water partition coefficient (Wildman–Crippen LogP) is 3.82. The summed E-state index contributed by atoms with van der Waals surface area (Å²) in [5, 5.41) is 0. The van der Waals surface area contributed by atoms with E-state index < -0.39 is 6.04 Å². The van der Waals surface area contributed by atoms with Crippen LogP contribution in [0, 0.1) is 0 Å². The molecule has 0 saturated carbocycles. The maximum Gasteiger partial charge on any atom is 0.255 e. The summed E-state index contributed by atoms with van der Waals surface area (Å²) in [6, 6.07) is 22.9. The number of para-hydroxylation sites is 3. The second kappa shape index (κ2) is 8.29. The maximum atomic E-state index is 13.7. The Hall–Kier alpha value is -3.80. The molecule has 6 nitrogen and oxygen atoms in total. The molecule has 152 valence electrons. The molecule has 30 heavy (non-hydrogen) atoms. The lowest BCUT2D eigenvalue weighted by Gasteiger charge is -2.40. The number of carbonyl (C=O) groups excluding carboxylic acids is 2. The normalized spacial score (nSPS) is 16.5. The minimum atomic E-state index is -0.801. The van der Waals surface area contributed by atoms with Crippen molar-refractivity contribution < 1.29 is 19.1 Å². The van der Waals surface area contributed by atoms with Crippen LogP contribution in [-0.4, -0.2) is 32.6 Å². The van der Waals surface area contributed by atoms with Crippen LogP contribution in [-0.2, 0) is 9.59 Å². The molecule has 0 aliphatic carbocycles. The molecule has 1 aliphatic rings. The molecule has 1 fully saturated rings. The van der Waals surface area contributed by atoms with Crippen molar-refractivity contribution >= 4 is 23.2 Å². The van der Waals surface area contributed by atoms with Gasteiger partial charge in [-0.2, -0.15) is 0 Å².